The number of nitro benzene ring substituents is 2. The molecular formula is C29H34ClN5O8S2. The molecule has 242 valence electrons. The number of sulfonamides is 2. The van der Waals surface area contributed by atoms with E-state index < -0.39 is 51.1 Å². The van der Waals surface area contributed by atoms with Gasteiger partial charge in [0.25, 0.3) is 11.4 Å². The molecule has 0 N–H and O–H groups in total. The van der Waals surface area contributed by atoms with Crippen molar-refractivity contribution in [1.82, 2.24) is 13.5 Å². The van der Waals surface area contributed by atoms with E-state index in [2.05, 4.69) is 11.5 Å². The molecule has 0 aliphatic carbocycles. The van der Waals surface area contributed by atoms with Crippen LogP contribution in [0.5, 0.6) is 0 Å². The van der Waals surface area contributed by atoms with E-state index in [-0.39, 0.29) is 44.2 Å². The van der Waals surface area contributed by atoms with E-state index in [4.69, 9.17) is 0 Å². The Balaban J connectivity index is 0.00000552. The molecule has 16 heteroatoms. The molecule has 0 saturated carbocycles. The van der Waals surface area contributed by atoms with Gasteiger partial charge in [0.1, 0.15) is 0 Å². The number of hydrogen-bond donors (Lipinski definition) is 0. The highest BCUT2D eigenvalue weighted by atomic mass is 35.5. The van der Waals surface area contributed by atoms with Gasteiger partial charge in [0.15, 0.2) is 9.79 Å². The molecule has 1 aliphatic rings. The van der Waals surface area contributed by atoms with Crippen LogP contribution in [0.25, 0.3) is 0 Å². The second-order valence-electron chi connectivity index (χ2n) is 10.3. The van der Waals surface area contributed by atoms with E-state index >= 15 is 0 Å². The van der Waals surface area contributed by atoms with Gasteiger partial charge in [0.05, 0.1) is 9.85 Å². The third-order valence-corrected chi connectivity index (χ3v) is 11.0. The van der Waals surface area contributed by atoms with Gasteiger partial charge in [-0.1, -0.05) is 61.2 Å². The molecule has 0 radical (unpaired) electrons. The molecule has 3 aromatic carbocycles. The van der Waals surface area contributed by atoms with E-state index in [1.54, 1.807) is 0 Å². The van der Waals surface area contributed by atoms with Gasteiger partial charge in [0.2, 0.25) is 20.0 Å². The monoisotopic (exact) mass is 679 g/mol. The largest absolute Gasteiger partial charge is 0.299 e. The first-order valence-corrected chi connectivity index (χ1v) is 16.7. The van der Waals surface area contributed by atoms with Crippen molar-refractivity contribution in [2.45, 2.75) is 29.2 Å². The summed E-state index contributed by atoms with van der Waals surface area (Å²) in [6.07, 6.45) is 0.802. The summed E-state index contributed by atoms with van der Waals surface area (Å²) >= 11 is 0. The summed E-state index contributed by atoms with van der Waals surface area (Å²) in [4.78, 5) is 23.0. The Morgan fingerprint density at radius 2 is 1.04 bits per heavy atom. The summed E-state index contributed by atoms with van der Waals surface area (Å²) in [5, 5.41) is 23.4. The Morgan fingerprint density at radius 3 is 1.47 bits per heavy atom. The van der Waals surface area contributed by atoms with Crippen molar-refractivity contribution in [3.05, 3.63) is 117 Å². The van der Waals surface area contributed by atoms with Crippen molar-refractivity contribution in [1.29, 1.82) is 0 Å². The fraction of sp³-hybridized carbons (Fsp3) is 0.310. The van der Waals surface area contributed by atoms with Crippen LogP contribution in [0.4, 0.5) is 11.4 Å². The molecule has 1 aliphatic heterocycles. The molecule has 0 amide bonds. The summed E-state index contributed by atoms with van der Waals surface area (Å²) in [6, 6.07) is 19.7. The Labute approximate surface area is 268 Å². The number of rotatable bonds is 8. The predicted molar refractivity (Wildman–Crippen MR) is 171 cm³/mol. The fourth-order valence-electron chi connectivity index (χ4n) is 5.10. The summed E-state index contributed by atoms with van der Waals surface area (Å²) in [5.41, 5.74) is 0.0730. The average molecular weight is 680 g/mol. The lowest BCUT2D eigenvalue weighted by molar-refractivity contribution is -0.388. The molecule has 4 rings (SSSR count). The number of nitrogens with zero attached hydrogens (tertiary/aromatic N) is 5. The third kappa shape index (κ3) is 8.71. The van der Waals surface area contributed by atoms with Crippen LogP contribution in [0.15, 0.2) is 101 Å². The van der Waals surface area contributed by atoms with E-state index in [1.807, 2.05) is 30.3 Å². The smallest absolute Gasteiger partial charge is 0.289 e. The predicted octanol–water partition coefficient (Wildman–Crippen LogP) is 4.46. The Morgan fingerprint density at radius 1 is 0.644 bits per heavy atom. The van der Waals surface area contributed by atoms with E-state index in [1.165, 1.54) is 36.4 Å². The maximum atomic E-state index is 13.8. The zero-order valence-electron chi connectivity index (χ0n) is 24.3. The topological polar surface area (TPSA) is 164 Å². The Kier molecular flexibility index (Phi) is 12.3. The zero-order valence-corrected chi connectivity index (χ0v) is 26.8. The number of benzene rings is 3. The first kappa shape index (κ1) is 35.7. The first-order valence-electron chi connectivity index (χ1n) is 13.8. The Bertz CT molecular complexity index is 1630. The molecule has 1 fully saturated rings. The van der Waals surface area contributed by atoms with Gasteiger partial charge < -0.3 is 0 Å². The maximum absolute atomic E-state index is 13.8. The minimum Gasteiger partial charge on any atom is -0.299 e. The van der Waals surface area contributed by atoms with Gasteiger partial charge in [-0.15, -0.1) is 12.4 Å². The van der Waals surface area contributed by atoms with Gasteiger partial charge in [-0.2, -0.15) is 8.61 Å². The second kappa shape index (κ2) is 15.5. The van der Waals surface area contributed by atoms with Gasteiger partial charge in [-0.05, 0) is 49.2 Å². The number of hydrogen-bond acceptors (Lipinski definition) is 9. The van der Waals surface area contributed by atoms with Gasteiger partial charge in [0, 0.05) is 44.9 Å². The number of para-hydroxylation sites is 2. The van der Waals surface area contributed by atoms with Crippen LogP contribution in [0.1, 0.15) is 18.4 Å². The summed E-state index contributed by atoms with van der Waals surface area (Å²) in [6.45, 7) is 4.77. The molecule has 0 atom stereocenters. The molecule has 0 aromatic heterocycles. The molecule has 1 heterocycles. The quantitative estimate of drug-likeness (QED) is 0.190. The van der Waals surface area contributed by atoms with Crippen LogP contribution < -0.4 is 0 Å². The molecular weight excluding hydrogens is 646 g/mol. The lowest BCUT2D eigenvalue weighted by Gasteiger charge is -2.30. The second-order valence-corrected chi connectivity index (χ2v) is 14.2. The highest BCUT2D eigenvalue weighted by Crippen LogP contribution is 2.29. The number of halogens is 1. The van der Waals surface area contributed by atoms with Crippen LogP contribution in [0.3, 0.4) is 0 Å². The van der Waals surface area contributed by atoms with Crippen LogP contribution >= 0.6 is 12.4 Å². The van der Waals surface area contributed by atoms with Gasteiger partial charge in [-0.25, -0.2) is 16.8 Å². The van der Waals surface area contributed by atoms with Crippen LogP contribution in [-0.4, -0.2) is 79.5 Å². The number of nitro groups is 2. The average Bonchev–Trinajstić information content (AvgIpc) is 2.99. The molecule has 0 bridgehead atoms. The lowest BCUT2D eigenvalue weighted by atomic mass is 10.2. The van der Waals surface area contributed by atoms with Crippen molar-refractivity contribution in [3.63, 3.8) is 0 Å². The van der Waals surface area contributed by atoms with Gasteiger partial charge in [-0.3, -0.25) is 25.1 Å². The van der Waals surface area contributed by atoms with Crippen molar-refractivity contribution in [2.75, 3.05) is 39.3 Å². The third-order valence-electron chi connectivity index (χ3n) is 7.17. The molecule has 0 unspecified atom stereocenters. The lowest BCUT2D eigenvalue weighted by Crippen LogP contribution is -2.41. The van der Waals surface area contributed by atoms with E-state index in [0.29, 0.717) is 32.5 Å². The highest BCUT2D eigenvalue weighted by Gasteiger charge is 2.35. The minimum atomic E-state index is -4.40. The molecule has 45 heavy (non-hydrogen) atoms. The van der Waals surface area contributed by atoms with E-state index in [9.17, 15) is 37.1 Å². The molecule has 0 spiro atoms. The molecule has 1 saturated heterocycles. The SMILES string of the molecule is C=C1CN(S(=O)(=O)c2ccccc2[N+](=O)[O-])CCCN(Cc2ccccc2)CCCN(S(=O)(=O)c2ccccc2[N+](=O)[O-])C1.Cl. The van der Waals surface area contributed by atoms with Crippen LogP contribution in [-0.2, 0) is 26.6 Å². The zero-order chi connectivity index (χ0) is 31.9. The summed E-state index contributed by atoms with van der Waals surface area (Å²) in [7, 11) is -8.81. The van der Waals surface area contributed by atoms with Crippen molar-refractivity contribution < 1.29 is 26.7 Å². The Hall–Kier alpha value is -3.73. The fourth-order valence-corrected chi connectivity index (χ4v) is 8.42. The minimum absolute atomic E-state index is 0. The normalized spacial score (nSPS) is 16.6. The van der Waals surface area contributed by atoms with Crippen molar-refractivity contribution in [3.8, 4) is 0 Å². The van der Waals surface area contributed by atoms with Gasteiger partial charge >= 0.3 is 0 Å². The standard InChI is InChI=1S/C29H33N5O8S2.ClH/c1-24-21-31(43(39,40)28-15-7-5-13-26(28)33(35)36)19-9-17-30(23-25-11-3-2-4-12-25)18-10-20-32(22-24)44(41,42)29-16-8-6-14-27(29)34(37)38;/h2-8,11-16H,1,9-10,17-23H2;1H. The first-order chi connectivity index (χ1) is 20.9. The molecule has 3 aromatic rings. The van der Waals surface area contributed by atoms with Crippen molar-refractivity contribution >= 4 is 43.8 Å². The van der Waals surface area contributed by atoms with Crippen LogP contribution in [0, 0.1) is 20.2 Å². The summed E-state index contributed by atoms with van der Waals surface area (Å²) < 4.78 is 57.5. The maximum Gasteiger partial charge on any atom is 0.289 e. The highest BCUT2D eigenvalue weighted by molar-refractivity contribution is 7.89. The van der Waals surface area contributed by atoms with Crippen LogP contribution in [0.2, 0.25) is 0 Å². The van der Waals surface area contributed by atoms with Crippen molar-refractivity contribution in [2.24, 2.45) is 0 Å². The van der Waals surface area contributed by atoms with E-state index in [0.717, 1.165) is 26.3 Å². The summed E-state index contributed by atoms with van der Waals surface area (Å²) in [5.74, 6) is 0. The molecule has 13 nitrogen and oxygen atoms in total.